The van der Waals surface area contributed by atoms with Crippen LogP contribution >= 0.6 is 0 Å². The van der Waals surface area contributed by atoms with Gasteiger partial charge in [0.15, 0.2) is 0 Å². The molecule has 0 fully saturated rings. The van der Waals surface area contributed by atoms with E-state index < -0.39 is 0 Å². The van der Waals surface area contributed by atoms with Gasteiger partial charge in [-0.3, -0.25) is 0 Å². The van der Waals surface area contributed by atoms with E-state index in [2.05, 4.69) is 60.0 Å². The van der Waals surface area contributed by atoms with Crippen molar-refractivity contribution in [2.45, 2.75) is 13.1 Å². The Hall–Kier alpha value is -2.68. The third kappa shape index (κ3) is 2.07. The molecule has 2 heterocycles. The Morgan fingerprint density at radius 1 is 1.00 bits per heavy atom. The second-order valence-corrected chi connectivity index (χ2v) is 5.33. The summed E-state index contributed by atoms with van der Waals surface area (Å²) in [5.41, 5.74) is 3.51. The molecule has 0 aliphatic carbocycles. The van der Waals surface area contributed by atoms with Crippen LogP contribution in [0.4, 0.5) is 11.4 Å². The molecular weight excluding hydrogens is 260 g/mol. The molecule has 0 saturated carbocycles. The van der Waals surface area contributed by atoms with Gasteiger partial charge in [0.25, 0.3) is 0 Å². The highest BCUT2D eigenvalue weighted by molar-refractivity contribution is 6.05. The van der Waals surface area contributed by atoms with Gasteiger partial charge < -0.3 is 15.1 Å². The molecule has 0 amide bonds. The summed E-state index contributed by atoms with van der Waals surface area (Å²) in [6.45, 7) is 2.10. The van der Waals surface area contributed by atoms with E-state index in [0.29, 0.717) is 0 Å². The highest BCUT2D eigenvalue weighted by Gasteiger charge is 2.19. The maximum absolute atomic E-state index is 5.39. The molecule has 0 radical (unpaired) electrons. The van der Waals surface area contributed by atoms with Gasteiger partial charge in [-0.05, 0) is 48.2 Å². The Balaban J connectivity index is 1.73. The minimum Gasteiger partial charge on any atom is -0.465 e. The van der Waals surface area contributed by atoms with Crippen molar-refractivity contribution in [1.29, 1.82) is 0 Å². The van der Waals surface area contributed by atoms with Gasteiger partial charge in [-0.1, -0.05) is 24.3 Å². The third-order valence-electron chi connectivity index (χ3n) is 3.87. The summed E-state index contributed by atoms with van der Waals surface area (Å²) in [6.07, 6.45) is 3.81. The van der Waals surface area contributed by atoms with Crippen molar-refractivity contribution in [3.63, 3.8) is 0 Å². The van der Waals surface area contributed by atoms with Crippen molar-refractivity contribution < 1.29 is 4.42 Å². The zero-order valence-electron chi connectivity index (χ0n) is 11.8. The lowest BCUT2D eigenvalue weighted by Gasteiger charge is -2.30. The minimum absolute atomic E-state index is 0.0654. The predicted octanol–water partition coefficient (Wildman–Crippen LogP) is 4.70. The summed E-state index contributed by atoms with van der Waals surface area (Å²) in [5, 5.41) is 9.60. The molecule has 21 heavy (non-hydrogen) atoms. The number of furan rings is 1. The lowest BCUT2D eigenvalue weighted by atomic mass is 10.0. The Labute approximate surface area is 123 Å². The SMILES string of the molecule is C/C(=C\c1ccco1)C1Nc2cccc3cccc(c23)N1. The maximum Gasteiger partial charge on any atom is 0.126 e. The molecular formula is C18H16N2O. The van der Waals surface area contributed by atoms with Crippen LogP contribution in [0, 0.1) is 0 Å². The van der Waals surface area contributed by atoms with E-state index in [9.17, 15) is 0 Å². The van der Waals surface area contributed by atoms with Gasteiger partial charge in [0.2, 0.25) is 0 Å². The monoisotopic (exact) mass is 276 g/mol. The summed E-state index contributed by atoms with van der Waals surface area (Å²) in [7, 11) is 0. The summed E-state index contributed by atoms with van der Waals surface area (Å²) in [6, 6.07) is 16.6. The van der Waals surface area contributed by atoms with Crippen LogP contribution < -0.4 is 10.6 Å². The molecule has 0 unspecified atom stereocenters. The number of benzene rings is 2. The number of hydrogen-bond donors (Lipinski definition) is 2. The van der Waals surface area contributed by atoms with Crippen molar-refractivity contribution in [2.75, 3.05) is 10.6 Å². The van der Waals surface area contributed by atoms with Gasteiger partial charge in [-0.25, -0.2) is 0 Å². The van der Waals surface area contributed by atoms with Crippen LogP contribution in [0.3, 0.4) is 0 Å². The van der Waals surface area contributed by atoms with Crippen molar-refractivity contribution in [3.05, 3.63) is 66.1 Å². The Morgan fingerprint density at radius 2 is 1.71 bits per heavy atom. The zero-order valence-corrected chi connectivity index (χ0v) is 11.8. The topological polar surface area (TPSA) is 37.2 Å². The molecule has 2 N–H and O–H groups in total. The fraction of sp³-hybridized carbons (Fsp3) is 0.111. The van der Waals surface area contributed by atoms with Gasteiger partial charge in [0.05, 0.1) is 6.26 Å². The van der Waals surface area contributed by atoms with E-state index in [1.807, 2.05) is 12.1 Å². The Bertz CT molecular complexity index is 778. The quantitative estimate of drug-likeness (QED) is 0.712. The van der Waals surface area contributed by atoms with Crippen molar-refractivity contribution in [2.24, 2.45) is 0 Å². The molecule has 0 atom stereocenters. The van der Waals surface area contributed by atoms with Crippen LogP contribution in [0.1, 0.15) is 12.7 Å². The van der Waals surface area contributed by atoms with Gasteiger partial charge in [0.1, 0.15) is 11.9 Å². The van der Waals surface area contributed by atoms with Crippen molar-refractivity contribution in [3.8, 4) is 0 Å². The molecule has 3 nitrogen and oxygen atoms in total. The maximum atomic E-state index is 5.39. The summed E-state index contributed by atoms with van der Waals surface area (Å²) < 4.78 is 5.39. The summed E-state index contributed by atoms with van der Waals surface area (Å²) >= 11 is 0. The van der Waals surface area contributed by atoms with E-state index in [0.717, 1.165) is 5.76 Å². The standard InChI is InChI=1S/C18H16N2O/c1-12(11-14-7-4-10-21-14)18-19-15-8-2-5-13-6-3-9-16(20-18)17(13)15/h2-11,18-20H,1H3/b12-11+. The number of rotatable bonds is 2. The number of hydrogen-bond acceptors (Lipinski definition) is 3. The van der Waals surface area contributed by atoms with E-state index in [1.54, 1.807) is 6.26 Å². The molecule has 0 bridgehead atoms. The first-order valence-corrected chi connectivity index (χ1v) is 7.08. The predicted molar refractivity (Wildman–Crippen MR) is 87.3 cm³/mol. The molecule has 1 aliphatic heterocycles. The van der Waals surface area contributed by atoms with Crippen LogP contribution in [0.25, 0.3) is 16.8 Å². The highest BCUT2D eigenvalue weighted by atomic mass is 16.3. The first kappa shape index (κ1) is 12.1. The van der Waals surface area contributed by atoms with E-state index in [4.69, 9.17) is 4.42 Å². The first-order chi connectivity index (χ1) is 10.3. The lowest BCUT2D eigenvalue weighted by molar-refractivity contribution is 0.556. The second-order valence-electron chi connectivity index (χ2n) is 5.33. The van der Waals surface area contributed by atoms with Crippen LogP contribution in [0.2, 0.25) is 0 Å². The molecule has 4 rings (SSSR count). The second kappa shape index (κ2) is 4.70. The molecule has 2 aromatic carbocycles. The van der Waals surface area contributed by atoms with Gasteiger partial charge >= 0.3 is 0 Å². The molecule has 1 aliphatic rings. The highest BCUT2D eigenvalue weighted by Crippen LogP contribution is 2.35. The Morgan fingerprint density at radius 3 is 2.33 bits per heavy atom. The van der Waals surface area contributed by atoms with Crippen LogP contribution in [-0.4, -0.2) is 6.17 Å². The van der Waals surface area contributed by atoms with Crippen molar-refractivity contribution in [1.82, 2.24) is 0 Å². The van der Waals surface area contributed by atoms with Crippen molar-refractivity contribution >= 4 is 28.2 Å². The fourth-order valence-electron chi connectivity index (χ4n) is 2.84. The first-order valence-electron chi connectivity index (χ1n) is 7.08. The largest absolute Gasteiger partial charge is 0.465 e. The van der Waals surface area contributed by atoms with E-state index >= 15 is 0 Å². The van der Waals surface area contributed by atoms with Crippen LogP contribution in [-0.2, 0) is 0 Å². The molecule has 0 spiro atoms. The zero-order chi connectivity index (χ0) is 14.2. The molecule has 104 valence electrons. The number of anilines is 2. The summed E-state index contributed by atoms with van der Waals surface area (Å²) in [4.78, 5) is 0. The average molecular weight is 276 g/mol. The van der Waals surface area contributed by atoms with E-state index in [-0.39, 0.29) is 6.17 Å². The lowest BCUT2D eigenvalue weighted by Crippen LogP contribution is -2.32. The van der Waals surface area contributed by atoms with Crippen LogP contribution in [0.15, 0.2) is 64.8 Å². The average Bonchev–Trinajstić information content (AvgIpc) is 3.00. The summed E-state index contributed by atoms with van der Waals surface area (Å²) in [5.74, 6) is 0.869. The molecule has 0 saturated heterocycles. The smallest absolute Gasteiger partial charge is 0.126 e. The molecule has 1 aromatic heterocycles. The van der Waals surface area contributed by atoms with E-state index in [1.165, 1.54) is 27.7 Å². The van der Waals surface area contributed by atoms with Gasteiger partial charge in [-0.2, -0.15) is 0 Å². The third-order valence-corrected chi connectivity index (χ3v) is 3.87. The normalized spacial score (nSPS) is 14.8. The van der Waals surface area contributed by atoms with Crippen LogP contribution in [0.5, 0.6) is 0 Å². The number of nitrogens with one attached hydrogen (secondary N) is 2. The molecule has 3 aromatic rings. The van der Waals surface area contributed by atoms with Gasteiger partial charge in [0, 0.05) is 16.8 Å². The molecule has 3 heteroatoms. The Kier molecular flexibility index (Phi) is 2.71. The van der Waals surface area contributed by atoms with Gasteiger partial charge in [-0.15, -0.1) is 0 Å². The fourth-order valence-corrected chi connectivity index (χ4v) is 2.84. The minimum atomic E-state index is 0.0654.